The van der Waals surface area contributed by atoms with E-state index in [-0.39, 0.29) is 29.1 Å². The van der Waals surface area contributed by atoms with Crippen LogP contribution < -0.4 is 0 Å². The number of aliphatic hydroxyl groups excluding tert-OH is 3. The maximum absolute atomic E-state index is 11.5. The van der Waals surface area contributed by atoms with Crippen molar-refractivity contribution in [3.63, 3.8) is 0 Å². The molecule has 0 bridgehead atoms. The molecule has 0 aromatic rings. The van der Waals surface area contributed by atoms with Gasteiger partial charge in [0, 0.05) is 0 Å². The Bertz CT molecular complexity index is 564. The molecule has 11 atom stereocenters. The van der Waals surface area contributed by atoms with Crippen LogP contribution in [-0.2, 0) is 0 Å². The van der Waals surface area contributed by atoms with Crippen molar-refractivity contribution < 1.29 is 15.3 Å². The topological polar surface area (TPSA) is 60.7 Å². The minimum absolute atomic E-state index is 0.0350. The van der Waals surface area contributed by atoms with Gasteiger partial charge in [-0.3, -0.25) is 0 Å². The summed E-state index contributed by atoms with van der Waals surface area (Å²) in [4.78, 5) is 0. The molecule has 4 rings (SSSR count). The Balaban J connectivity index is 1.62. The van der Waals surface area contributed by atoms with E-state index < -0.39 is 0 Å². The first-order valence-electron chi connectivity index (χ1n) is 12.3. The Kier molecular flexibility index (Phi) is 5.69. The molecular formula is C25H44O3. The van der Waals surface area contributed by atoms with Crippen molar-refractivity contribution in [3.05, 3.63) is 0 Å². The summed E-state index contributed by atoms with van der Waals surface area (Å²) in [7, 11) is 0. The fourth-order valence-electron chi connectivity index (χ4n) is 8.86. The van der Waals surface area contributed by atoms with Gasteiger partial charge < -0.3 is 15.3 Å². The normalized spacial score (nSPS) is 54.5. The van der Waals surface area contributed by atoms with Crippen LogP contribution in [-0.4, -0.2) is 33.6 Å². The van der Waals surface area contributed by atoms with E-state index in [1.807, 2.05) is 0 Å². The van der Waals surface area contributed by atoms with Crippen molar-refractivity contribution in [1.82, 2.24) is 0 Å². The third-order valence-electron chi connectivity index (χ3n) is 10.5. The average molecular weight is 393 g/mol. The van der Waals surface area contributed by atoms with Crippen LogP contribution in [0.2, 0.25) is 0 Å². The first-order chi connectivity index (χ1) is 13.2. The Morgan fingerprint density at radius 2 is 1.71 bits per heavy atom. The second-order valence-corrected chi connectivity index (χ2v) is 11.6. The highest BCUT2D eigenvalue weighted by atomic mass is 16.3. The quantitative estimate of drug-likeness (QED) is 0.645. The van der Waals surface area contributed by atoms with Crippen LogP contribution in [0.1, 0.15) is 91.9 Å². The van der Waals surface area contributed by atoms with E-state index in [9.17, 15) is 15.3 Å². The summed E-state index contributed by atoms with van der Waals surface area (Å²) in [5.41, 5.74) is 0.143. The summed E-state index contributed by atoms with van der Waals surface area (Å²) < 4.78 is 0. The molecule has 0 heterocycles. The molecule has 162 valence electrons. The zero-order chi connectivity index (χ0) is 20.3. The molecule has 0 amide bonds. The second-order valence-electron chi connectivity index (χ2n) is 11.6. The second kappa shape index (κ2) is 7.54. The summed E-state index contributed by atoms with van der Waals surface area (Å²) in [6, 6.07) is 0. The highest BCUT2D eigenvalue weighted by Crippen LogP contribution is 2.68. The fourth-order valence-corrected chi connectivity index (χ4v) is 8.86. The third-order valence-corrected chi connectivity index (χ3v) is 10.5. The molecule has 3 N–H and O–H groups in total. The molecule has 4 fully saturated rings. The lowest BCUT2D eigenvalue weighted by Gasteiger charge is -2.63. The molecule has 0 aliphatic heterocycles. The Hall–Kier alpha value is -0.120. The Morgan fingerprint density at radius 3 is 2.43 bits per heavy atom. The molecule has 0 aromatic heterocycles. The van der Waals surface area contributed by atoms with Crippen LogP contribution in [0, 0.1) is 46.3 Å². The molecule has 3 heteroatoms. The SMILES string of the molecule is CCCC[C@@H](C)[C@H]1CC[C@H]2[C@@H]3[C@H](O)C[C@@H]4C[C@H](O)CC[C@]4(C)[C@H]3C[C@H](O)[C@]12C. The molecule has 0 spiro atoms. The molecule has 0 unspecified atom stereocenters. The van der Waals surface area contributed by atoms with Crippen molar-refractivity contribution in [2.45, 2.75) is 110 Å². The molecule has 4 saturated carbocycles. The zero-order valence-corrected chi connectivity index (χ0v) is 18.6. The maximum atomic E-state index is 11.5. The molecule has 4 aliphatic rings. The Labute approximate surface area is 172 Å². The maximum Gasteiger partial charge on any atom is 0.0602 e. The predicted molar refractivity (Wildman–Crippen MR) is 113 cm³/mol. The van der Waals surface area contributed by atoms with E-state index in [1.165, 1.54) is 32.1 Å². The summed E-state index contributed by atoms with van der Waals surface area (Å²) in [6.07, 6.45) is 9.99. The number of aliphatic hydroxyl groups is 3. The van der Waals surface area contributed by atoms with Gasteiger partial charge >= 0.3 is 0 Å². The molecule has 3 nitrogen and oxygen atoms in total. The molecule has 0 radical (unpaired) electrons. The van der Waals surface area contributed by atoms with Crippen molar-refractivity contribution in [3.8, 4) is 0 Å². The van der Waals surface area contributed by atoms with Crippen LogP contribution in [0.3, 0.4) is 0 Å². The summed E-state index contributed by atoms with van der Waals surface area (Å²) in [6.45, 7) is 9.45. The van der Waals surface area contributed by atoms with Gasteiger partial charge in [0.05, 0.1) is 18.3 Å². The van der Waals surface area contributed by atoms with Crippen LogP contribution in [0.25, 0.3) is 0 Å². The lowest BCUT2D eigenvalue weighted by Crippen LogP contribution is -2.62. The monoisotopic (exact) mass is 392 g/mol. The highest BCUT2D eigenvalue weighted by molar-refractivity contribution is 5.14. The average Bonchev–Trinajstić information content (AvgIpc) is 3.01. The number of fused-ring (bicyclic) bond motifs is 5. The van der Waals surface area contributed by atoms with Gasteiger partial charge in [0.2, 0.25) is 0 Å². The Morgan fingerprint density at radius 1 is 0.964 bits per heavy atom. The van der Waals surface area contributed by atoms with Crippen molar-refractivity contribution >= 4 is 0 Å². The molecular weight excluding hydrogens is 348 g/mol. The fraction of sp³-hybridized carbons (Fsp3) is 1.00. The van der Waals surface area contributed by atoms with E-state index in [0.29, 0.717) is 35.5 Å². The van der Waals surface area contributed by atoms with E-state index in [4.69, 9.17) is 0 Å². The minimum Gasteiger partial charge on any atom is -0.393 e. The van der Waals surface area contributed by atoms with Gasteiger partial charge in [-0.2, -0.15) is 0 Å². The summed E-state index contributed by atoms with van der Waals surface area (Å²) in [5, 5.41) is 33.1. The van der Waals surface area contributed by atoms with Gasteiger partial charge in [-0.1, -0.05) is 47.0 Å². The highest BCUT2D eigenvalue weighted by Gasteiger charge is 2.65. The largest absolute Gasteiger partial charge is 0.393 e. The number of rotatable bonds is 4. The summed E-state index contributed by atoms with van der Waals surface area (Å²) >= 11 is 0. The van der Waals surface area contributed by atoms with E-state index in [0.717, 1.165) is 32.1 Å². The number of hydrogen-bond acceptors (Lipinski definition) is 3. The number of hydrogen-bond donors (Lipinski definition) is 3. The minimum atomic E-state index is -0.255. The van der Waals surface area contributed by atoms with Crippen molar-refractivity contribution in [2.75, 3.05) is 0 Å². The molecule has 4 aliphatic carbocycles. The van der Waals surface area contributed by atoms with Gasteiger partial charge in [-0.05, 0) is 91.3 Å². The van der Waals surface area contributed by atoms with Crippen LogP contribution in [0.15, 0.2) is 0 Å². The standard InChI is InChI=1S/C25H44O3/c1-5-6-7-15(2)18-8-9-19-23-20(14-22(28)25(18,19)4)24(3)11-10-17(26)12-16(24)13-21(23)27/h15-23,26-28H,5-14H2,1-4H3/t15-,16+,17-,18-,19+,20+,21-,22+,23+,24+,25-/m1/s1. The zero-order valence-electron chi connectivity index (χ0n) is 18.6. The van der Waals surface area contributed by atoms with E-state index >= 15 is 0 Å². The number of unbranched alkanes of at least 4 members (excludes halogenated alkanes) is 1. The van der Waals surface area contributed by atoms with E-state index in [2.05, 4.69) is 27.7 Å². The van der Waals surface area contributed by atoms with Crippen LogP contribution in [0.5, 0.6) is 0 Å². The van der Waals surface area contributed by atoms with Gasteiger partial charge in [0.25, 0.3) is 0 Å². The molecule has 0 saturated heterocycles. The van der Waals surface area contributed by atoms with Gasteiger partial charge in [-0.15, -0.1) is 0 Å². The molecule has 28 heavy (non-hydrogen) atoms. The predicted octanol–water partition coefficient (Wildman–Crippen LogP) is 4.77. The first-order valence-corrected chi connectivity index (χ1v) is 12.3. The van der Waals surface area contributed by atoms with Gasteiger partial charge in [-0.25, -0.2) is 0 Å². The third kappa shape index (κ3) is 3.02. The van der Waals surface area contributed by atoms with Crippen LogP contribution >= 0.6 is 0 Å². The smallest absolute Gasteiger partial charge is 0.0602 e. The van der Waals surface area contributed by atoms with E-state index in [1.54, 1.807) is 0 Å². The van der Waals surface area contributed by atoms with Crippen LogP contribution in [0.4, 0.5) is 0 Å². The van der Waals surface area contributed by atoms with Gasteiger partial charge in [0.15, 0.2) is 0 Å². The van der Waals surface area contributed by atoms with Crippen molar-refractivity contribution in [2.24, 2.45) is 46.3 Å². The molecule has 0 aromatic carbocycles. The first kappa shape index (κ1) is 21.1. The lowest BCUT2D eigenvalue weighted by molar-refractivity contribution is -0.207. The lowest BCUT2D eigenvalue weighted by atomic mass is 9.43. The summed E-state index contributed by atoms with van der Waals surface area (Å²) in [5.74, 6) is 2.86. The van der Waals surface area contributed by atoms with Gasteiger partial charge in [0.1, 0.15) is 0 Å². The van der Waals surface area contributed by atoms with Crippen molar-refractivity contribution in [1.29, 1.82) is 0 Å².